The predicted molar refractivity (Wildman–Crippen MR) is 151 cm³/mol. The highest BCUT2D eigenvalue weighted by Gasteiger charge is 2.43. The van der Waals surface area contributed by atoms with E-state index in [9.17, 15) is 14.7 Å². The Morgan fingerprint density at radius 1 is 0.842 bits per heavy atom. The van der Waals surface area contributed by atoms with E-state index in [1.165, 1.54) is 24.8 Å². The lowest BCUT2D eigenvalue weighted by Gasteiger charge is -2.35. The molecule has 204 valence electrons. The van der Waals surface area contributed by atoms with Crippen molar-refractivity contribution in [2.75, 3.05) is 32.7 Å². The number of aliphatic carboxylic acids is 1. The van der Waals surface area contributed by atoms with Crippen LogP contribution in [0.4, 0.5) is 0 Å². The molecule has 5 heteroatoms. The number of piperidine rings is 1. The third kappa shape index (κ3) is 6.73. The van der Waals surface area contributed by atoms with Gasteiger partial charge in [0, 0.05) is 37.5 Å². The number of carbonyl (C=O) groups is 2. The molecule has 3 fully saturated rings. The lowest BCUT2D eigenvalue weighted by molar-refractivity contribution is -0.145. The maximum absolute atomic E-state index is 12.5. The van der Waals surface area contributed by atoms with Gasteiger partial charge in [-0.2, -0.15) is 0 Å². The van der Waals surface area contributed by atoms with Gasteiger partial charge in [0.1, 0.15) is 6.04 Å². The molecule has 1 N–H and O–H groups in total. The largest absolute Gasteiger partial charge is 0.480 e. The zero-order valence-electron chi connectivity index (χ0n) is 22.7. The number of hydrogen-bond donors (Lipinski definition) is 1. The molecule has 3 aliphatic rings. The monoisotopic (exact) mass is 516 g/mol. The van der Waals surface area contributed by atoms with E-state index in [-0.39, 0.29) is 17.7 Å². The van der Waals surface area contributed by atoms with Crippen LogP contribution in [0.15, 0.2) is 60.7 Å². The Bertz CT molecular complexity index is 1030. The van der Waals surface area contributed by atoms with Crippen molar-refractivity contribution in [2.24, 2.45) is 17.8 Å². The lowest BCUT2D eigenvalue weighted by Crippen LogP contribution is -2.46. The van der Waals surface area contributed by atoms with Crippen molar-refractivity contribution in [3.8, 4) is 0 Å². The Morgan fingerprint density at radius 3 is 2.16 bits per heavy atom. The van der Waals surface area contributed by atoms with Crippen LogP contribution in [0.3, 0.4) is 0 Å². The van der Waals surface area contributed by atoms with E-state index < -0.39 is 5.97 Å². The van der Waals surface area contributed by atoms with E-state index in [0.717, 1.165) is 70.4 Å². The van der Waals surface area contributed by atoms with Crippen molar-refractivity contribution in [3.63, 3.8) is 0 Å². The van der Waals surface area contributed by atoms with Crippen molar-refractivity contribution in [2.45, 2.75) is 69.7 Å². The minimum Gasteiger partial charge on any atom is -0.480 e. The first-order valence-electron chi connectivity index (χ1n) is 14.9. The summed E-state index contributed by atoms with van der Waals surface area (Å²) in [6.45, 7) is 4.90. The number of rotatable bonds is 10. The van der Waals surface area contributed by atoms with E-state index in [2.05, 4.69) is 40.1 Å². The van der Waals surface area contributed by atoms with Gasteiger partial charge in [-0.05, 0) is 68.5 Å². The molecule has 38 heavy (non-hydrogen) atoms. The zero-order valence-corrected chi connectivity index (χ0v) is 22.7. The van der Waals surface area contributed by atoms with Gasteiger partial charge in [-0.15, -0.1) is 0 Å². The molecule has 5 nitrogen and oxygen atoms in total. The third-order valence-corrected chi connectivity index (χ3v) is 9.52. The molecule has 0 amide bonds. The van der Waals surface area contributed by atoms with Crippen molar-refractivity contribution < 1.29 is 14.7 Å². The van der Waals surface area contributed by atoms with Gasteiger partial charge in [0.2, 0.25) is 0 Å². The Kier molecular flexibility index (Phi) is 9.29. The molecule has 2 heterocycles. The van der Waals surface area contributed by atoms with Crippen LogP contribution < -0.4 is 0 Å². The van der Waals surface area contributed by atoms with Crippen LogP contribution in [0.2, 0.25) is 0 Å². The van der Waals surface area contributed by atoms with E-state index in [1.54, 1.807) is 0 Å². The fourth-order valence-electron chi connectivity index (χ4n) is 7.39. The second-order valence-electron chi connectivity index (χ2n) is 12.0. The molecule has 2 aliphatic heterocycles. The third-order valence-electron chi connectivity index (χ3n) is 9.52. The Hall–Kier alpha value is -2.50. The number of benzene rings is 2. The summed E-state index contributed by atoms with van der Waals surface area (Å²) in [4.78, 5) is 30.0. The normalized spacial score (nSPS) is 24.8. The highest BCUT2D eigenvalue weighted by atomic mass is 16.4. The number of carbonyl (C=O) groups excluding carboxylic acids is 1. The van der Waals surface area contributed by atoms with Gasteiger partial charge in [0.05, 0.1) is 0 Å². The molecule has 5 rings (SSSR count). The summed E-state index contributed by atoms with van der Waals surface area (Å²) in [5.74, 6) is 1.35. The highest BCUT2D eigenvalue weighted by Crippen LogP contribution is 2.38. The van der Waals surface area contributed by atoms with Crippen LogP contribution >= 0.6 is 0 Å². The Balaban J connectivity index is 1.18. The lowest BCUT2D eigenvalue weighted by atomic mass is 9.83. The maximum atomic E-state index is 12.5. The number of carboxylic acids is 1. The first-order chi connectivity index (χ1) is 18.6. The molecule has 1 saturated carbocycles. The predicted octanol–water partition coefficient (Wildman–Crippen LogP) is 6.11. The van der Waals surface area contributed by atoms with Gasteiger partial charge in [-0.1, -0.05) is 79.9 Å². The molecule has 2 aromatic rings. The fourth-order valence-corrected chi connectivity index (χ4v) is 7.39. The molecular formula is C33H44N2O3. The van der Waals surface area contributed by atoms with Crippen molar-refractivity contribution in [1.82, 2.24) is 9.80 Å². The van der Waals surface area contributed by atoms with E-state index >= 15 is 0 Å². The maximum Gasteiger partial charge on any atom is 0.321 e. The van der Waals surface area contributed by atoms with Crippen LogP contribution in [0.5, 0.6) is 0 Å². The first kappa shape index (κ1) is 27.1. The minimum atomic E-state index is -0.629. The van der Waals surface area contributed by atoms with E-state index in [1.807, 2.05) is 30.3 Å². The fraction of sp³-hybridized carbons (Fsp3) is 0.576. The average molecular weight is 517 g/mol. The van der Waals surface area contributed by atoms with Gasteiger partial charge in [0.15, 0.2) is 5.78 Å². The molecule has 1 aliphatic carbocycles. The molecule has 2 saturated heterocycles. The van der Waals surface area contributed by atoms with Crippen LogP contribution in [0, 0.1) is 17.8 Å². The van der Waals surface area contributed by atoms with Gasteiger partial charge < -0.3 is 10.0 Å². The van der Waals surface area contributed by atoms with E-state index in [0.29, 0.717) is 24.2 Å². The molecule has 3 atom stereocenters. The number of hydrogen-bond acceptors (Lipinski definition) is 4. The van der Waals surface area contributed by atoms with Gasteiger partial charge in [-0.25, -0.2) is 0 Å². The highest BCUT2D eigenvalue weighted by molar-refractivity contribution is 5.95. The van der Waals surface area contributed by atoms with Crippen LogP contribution in [-0.2, 0) is 4.79 Å². The summed E-state index contributed by atoms with van der Waals surface area (Å²) in [5, 5.41) is 10.3. The second-order valence-corrected chi connectivity index (χ2v) is 12.0. The first-order valence-corrected chi connectivity index (χ1v) is 14.9. The smallest absolute Gasteiger partial charge is 0.321 e. The summed E-state index contributed by atoms with van der Waals surface area (Å²) >= 11 is 0. The zero-order chi connectivity index (χ0) is 26.3. The number of likely N-dealkylation sites (tertiary alicyclic amines) is 2. The minimum absolute atomic E-state index is 0.260. The van der Waals surface area contributed by atoms with Gasteiger partial charge in [-0.3, -0.25) is 14.5 Å². The molecule has 0 bridgehead atoms. The van der Waals surface area contributed by atoms with E-state index in [4.69, 9.17) is 0 Å². The number of nitrogens with zero attached hydrogens (tertiary/aromatic N) is 2. The topological polar surface area (TPSA) is 60.9 Å². The van der Waals surface area contributed by atoms with Crippen LogP contribution in [0.1, 0.15) is 79.6 Å². The summed E-state index contributed by atoms with van der Waals surface area (Å²) in [6, 6.07) is 20.1. The SMILES string of the molecule is O=C(CCC1CCN(CC2CN(C(C(=O)O)C3CCCCC3)CC2c2ccccc2)CC1)c1ccccc1. The second kappa shape index (κ2) is 13.0. The molecule has 0 aromatic heterocycles. The molecule has 3 unspecified atom stereocenters. The summed E-state index contributed by atoms with van der Waals surface area (Å²) in [7, 11) is 0. The Morgan fingerprint density at radius 2 is 1.50 bits per heavy atom. The van der Waals surface area contributed by atoms with Gasteiger partial charge in [0.25, 0.3) is 0 Å². The molecule has 0 radical (unpaired) electrons. The van der Waals surface area contributed by atoms with Crippen molar-refractivity contribution in [1.29, 1.82) is 0 Å². The Labute approximate surface area is 228 Å². The summed E-state index contributed by atoms with van der Waals surface area (Å²) < 4.78 is 0. The van der Waals surface area contributed by atoms with Crippen LogP contribution in [-0.4, -0.2) is 65.4 Å². The van der Waals surface area contributed by atoms with Gasteiger partial charge >= 0.3 is 5.97 Å². The van der Waals surface area contributed by atoms with Crippen molar-refractivity contribution in [3.05, 3.63) is 71.8 Å². The van der Waals surface area contributed by atoms with Crippen LogP contribution in [0.25, 0.3) is 0 Å². The molecular weight excluding hydrogens is 472 g/mol. The average Bonchev–Trinajstić information content (AvgIpc) is 3.36. The molecule has 2 aromatic carbocycles. The standard InChI is InChI=1S/C33H44N2O3/c36-31(27-12-6-2-7-13-27)17-16-25-18-20-34(21-19-25)22-29-23-35(24-30(29)26-10-4-1-5-11-26)32(33(37)38)28-14-8-3-9-15-28/h1-2,4-7,10-13,25,28-30,32H,3,8-9,14-24H2,(H,37,38). The number of Topliss-reactive ketones (excluding diaryl/α,β-unsaturated/α-hetero) is 1. The number of ketones is 1. The molecule has 0 spiro atoms. The quantitative estimate of drug-likeness (QED) is 0.386. The summed E-state index contributed by atoms with van der Waals surface area (Å²) in [5.41, 5.74) is 2.18. The summed E-state index contributed by atoms with van der Waals surface area (Å²) in [6.07, 6.45) is 9.59. The van der Waals surface area contributed by atoms with Crippen molar-refractivity contribution >= 4 is 11.8 Å². The number of carboxylic acid groups (broad SMARTS) is 1.